The predicted octanol–water partition coefficient (Wildman–Crippen LogP) is 5.74. The van der Waals surface area contributed by atoms with Crippen molar-refractivity contribution in [3.05, 3.63) is 57.8 Å². The quantitative estimate of drug-likeness (QED) is 0.513. The lowest BCUT2D eigenvalue weighted by Crippen LogP contribution is -2.14. The van der Waals surface area contributed by atoms with Crippen LogP contribution in [0.1, 0.15) is 35.5 Å². The van der Waals surface area contributed by atoms with Crippen LogP contribution in [0, 0.1) is 13.8 Å². The Bertz CT molecular complexity index is 992. The molecule has 3 rings (SSSR count). The van der Waals surface area contributed by atoms with Gasteiger partial charge in [-0.3, -0.25) is 0 Å². The molecule has 2 aromatic heterocycles. The number of aromatic nitrogens is 2. The number of hydrogen-bond acceptors (Lipinski definition) is 5. The van der Waals surface area contributed by atoms with E-state index in [9.17, 15) is 4.79 Å². The number of esters is 1. The highest BCUT2D eigenvalue weighted by atomic mass is 79.9. The van der Waals surface area contributed by atoms with Gasteiger partial charge in [0.25, 0.3) is 0 Å². The molecule has 0 saturated heterocycles. The van der Waals surface area contributed by atoms with Gasteiger partial charge in [-0.05, 0) is 73.5 Å². The van der Waals surface area contributed by atoms with Crippen LogP contribution in [0.5, 0.6) is 0 Å². The average molecular weight is 451 g/mol. The number of anilines is 2. The van der Waals surface area contributed by atoms with E-state index in [1.165, 1.54) is 6.20 Å². The normalized spacial score (nSPS) is 10.6. The van der Waals surface area contributed by atoms with Crippen molar-refractivity contribution < 1.29 is 9.53 Å². The smallest absolute Gasteiger partial charge is 0.342 e. The van der Waals surface area contributed by atoms with Crippen molar-refractivity contribution >= 4 is 56.7 Å². The van der Waals surface area contributed by atoms with E-state index in [-0.39, 0.29) is 18.5 Å². The standard InChI is InChI=1S/C20H20BrN3O2.ClH/c1-11(2)26-20(25)15-10-22-19-14(7-6-13(4)23-19)18(15)24-17-8-5-12(3)9-16(17)21;/h5-11H,1-4H3,(H,22,23,24);1H. The first kappa shape index (κ1) is 21.1. The Morgan fingerprint density at radius 3 is 2.59 bits per heavy atom. The average Bonchev–Trinajstić information content (AvgIpc) is 2.56. The molecule has 0 aliphatic carbocycles. The van der Waals surface area contributed by atoms with Gasteiger partial charge in [0.2, 0.25) is 0 Å². The molecule has 0 aliphatic rings. The van der Waals surface area contributed by atoms with E-state index in [4.69, 9.17) is 4.74 Å². The van der Waals surface area contributed by atoms with Crippen LogP contribution in [0.3, 0.4) is 0 Å². The fraction of sp³-hybridized carbons (Fsp3) is 0.250. The highest BCUT2D eigenvalue weighted by molar-refractivity contribution is 9.10. The molecular weight excluding hydrogens is 430 g/mol. The van der Waals surface area contributed by atoms with Crippen LogP contribution in [0.25, 0.3) is 11.0 Å². The van der Waals surface area contributed by atoms with Crippen molar-refractivity contribution in [3.8, 4) is 0 Å². The van der Waals surface area contributed by atoms with Gasteiger partial charge in [-0.1, -0.05) is 6.07 Å². The number of hydrogen-bond donors (Lipinski definition) is 1. The van der Waals surface area contributed by atoms with Crippen LogP contribution in [0.2, 0.25) is 0 Å². The predicted molar refractivity (Wildman–Crippen MR) is 114 cm³/mol. The first-order chi connectivity index (χ1) is 12.3. The molecule has 1 aromatic carbocycles. The second kappa shape index (κ2) is 8.67. The number of benzene rings is 1. The maximum atomic E-state index is 12.6. The molecule has 27 heavy (non-hydrogen) atoms. The third kappa shape index (κ3) is 4.76. The summed E-state index contributed by atoms with van der Waals surface area (Å²) >= 11 is 3.57. The van der Waals surface area contributed by atoms with Crippen molar-refractivity contribution in [1.29, 1.82) is 0 Å². The number of aryl methyl sites for hydroxylation is 2. The molecule has 0 spiro atoms. The summed E-state index contributed by atoms with van der Waals surface area (Å²) in [4.78, 5) is 21.4. The molecule has 0 bridgehead atoms. The second-order valence-corrected chi connectivity index (χ2v) is 7.29. The van der Waals surface area contributed by atoms with Crippen molar-refractivity contribution in [2.45, 2.75) is 33.8 Å². The van der Waals surface area contributed by atoms with Gasteiger partial charge >= 0.3 is 5.97 Å². The van der Waals surface area contributed by atoms with E-state index < -0.39 is 5.97 Å². The number of nitrogens with one attached hydrogen (secondary N) is 1. The number of ether oxygens (including phenoxy) is 1. The summed E-state index contributed by atoms with van der Waals surface area (Å²) in [6.07, 6.45) is 1.30. The number of rotatable bonds is 4. The lowest BCUT2D eigenvalue weighted by molar-refractivity contribution is 0.0379. The summed E-state index contributed by atoms with van der Waals surface area (Å²) in [5.74, 6) is -0.416. The summed E-state index contributed by atoms with van der Waals surface area (Å²) in [5.41, 5.74) is 4.45. The van der Waals surface area contributed by atoms with Gasteiger partial charge in [-0.15, -0.1) is 12.4 Å². The molecule has 1 N–H and O–H groups in total. The number of fused-ring (bicyclic) bond motifs is 1. The third-order valence-electron chi connectivity index (χ3n) is 3.82. The minimum Gasteiger partial charge on any atom is -0.459 e. The fourth-order valence-corrected chi connectivity index (χ4v) is 3.19. The highest BCUT2D eigenvalue weighted by Crippen LogP contribution is 2.33. The first-order valence-electron chi connectivity index (χ1n) is 8.35. The molecular formula is C20H21BrClN3O2. The summed E-state index contributed by atoms with van der Waals surface area (Å²) in [5, 5.41) is 4.12. The van der Waals surface area contributed by atoms with Gasteiger partial charge in [0.05, 0.1) is 17.5 Å². The molecule has 0 amide bonds. The van der Waals surface area contributed by atoms with Crippen LogP contribution in [0.15, 0.2) is 41.0 Å². The maximum absolute atomic E-state index is 12.6. The second-order valence-electron chi connectivity index (χ2n) is 6.43. The van der Waals surface area contributed by atoms with Crippen molar-refractivity contribution in [1.82, 2.24) is 9.97 Å². The zero-order valence-electron chi connectivity index (χ0n) is 15.5. The van der Waals surface area contributed by atoms with Gasteiger partial charge < -0.3 is 10.1 Å². The third-order valence-corrected chi connectivity index (χ3v) is 4.47. The Morgan fingerprint density at radius 1 is 1.19 bits per heavy atom. The van der Waals surface area contributed by atoms with Gasteiger partial charge in [0.15, 0.2) is 5.65 Å². The van der Waals surface area contributed by atoms with Crippen molar-refractivity contribution in [3.63, 3.8) is 0 Å². The Labute approximate surface area is 173 Å². The summed E-state index contributed by atoms with van der Waals surface area (Å²) in [6, 6.07) is 9.80. The van der Waals surface area contributed by atoms with Gasteiger partial charge in [0.1, 0.15) is 5.56 Å². The summed E-state index contributed by atoms with van der Waals surface area (Å²) in [7, 11) is 0. The fourth-order valence-electron chi connectivity index (χ4n) is 2.60. The number of halogens is 2. The SMILES string of the molecule is Cc1ccc(Nc2c(C(=O)OC(C)C)cnc3nc(C)ccc23)c(Br)c1.Cl. The largest absolute Gasteiger partial charge is 0.459 e. The molecule has 0 radical (unpaired) electrons. The zero-order chi connectivity index (χ0) is 18.8. The number of carbonyl (C=O) groups is 1. The minimum absolute atomic E-state index is 0. The van der Waals surface area contributed by atoms with Crippen molar-refractivity contribution in [2.24, 2.45) is 0 Å². The van der Waals surface area contributed by atoms with Gasteiger partial charge in [0, 0.05) is 21.7 Å². The molecule has 5 nitrogen and oxygen atoms in total. The summed E-state index contributed by atoms with van der Waals surface area (Å²) in [6.45, 7) is 7.57. The van der Waals surface area contributed by atoms with E-state index in [1.807, 2.05) is 58.0 Å². The van der Waals surface area contributed by atoms with Crippen LogP contribution in [-0.4, -0.2) is 22.0 Å². The van der Waals surface area contributed by atoms with E-state index in [1.54, 1.807) is 0 Å². The van der Waals surface area contributed by atoms with Gasteiger partial charge in [-0.2, -0.15) is 0 Å². The van der Waals surface area contributed by atoms with E-state index >= 15 is 0 Å². The molecule has 142 valence electrons. The molecule has 7 heteroatoms. The van der Waals surface area contributed by atoms with E-state index in [2.05, 4.69) is 31.2 Å². The van der Waals surface area contributed by atoms with Crippen LogP contribution < -0.4 is 5.32 Å². The number of nitrogens with zero attached hydrogens (tertiary/aromatic N) is 2. The Morgan fingerprint density at radius 2 is 1.93 bits per heavy atom. The zero-order valence-corrected chi connectivity index (χ0v) is 17.9. The monoisotopic (exact) mass is 449 g/mol. The number of pyridine rings is 2. The van der Waals surface area contributed by atoms with Crippen LogP contribution in [0.4, 0.5) is 11.4 Å². The topological polar surface area (TPSA) is 64.1 Å². The maximum Gasteiger partial charge on any atom is 0.342 e. The van der Waals surface area contributed by atoms with Gasteiger partial charge in [-0.25, -0.2) is 14.8 Å². The molecule has 3 aromatic rings. The highest BCUT2D eigenvalue weighted by Gasteiger charge is 2.19. The Hall–Kier alpha value is -2.18. The summed E-state index contributed by atoms with van der Waals surface area (Å²) < 4.78 is 6.29. The Kier molecular flexibility index (Phi) is 6.78. The van der Waals surface area contributed by atoms with E-state index in [0.29, 0.717) is 16.9 Å². The first-order valence-corrected chi connectivity index (χ1v) is 9.15. The molecule has 0 saturated carbocycles. The molecule has 0 fully saturated rings. The van der Waals surface area contributed by atoms with Crippen molar-refractivity contribution in [2.75, 3.05) is 5.32 Å². The minimum atomic E-state index is -0.416. The molecule has 0 aliphatic heterocycles. The number of carbonyl (C=O) groups excluding carboxylic acids is 1. The lowest BCUT2D eigenvalue weighted by Gasteiger charge is -2.16. The lowest BCUT2D eigenvalue weighted by atomic mass is 10.1. The molecule has 0 atom stereocenters. The Balaban J connectivity index is 0.00000261. The van der Waals surface area contributed by atoms with Crippen LogP contribution in [-0.2, 0) is 4.74 Å². The molecule has 0 unspecified atom stereocenters. The van der Waals surface area contributed by atoms with E-state index in [0.717, 1.165) is 26.8 Å². The molecule has 2 heterocycles. The van der Waals surface area contributed by atoms with Crippen LogP contribution >= 0.6 is 28.3 Å².